The number of halogens is 1. The van der Waals surface area contributed by atoms with Gasteiger partial charge in [0.15, 0.2) is 11.5 Å². The first kappa shape index (κ1) is 14.8. The molecule has 0 heterocycles. The zero-order chi connectivity index (χ0) is 13.5. The molecule has 0 aromatic heterocycles. The van der Waals surface area contributed by atoms with E-state index in [0.717, 1.165) is 10.0 Å². The summed E-state index contributed by atoms with van der Waals surface area (Å²) in [5.74, 6) is 0.407. The van der Waals surface area contributed by atoms with Crippen LogP contribution < -0.4 is 14.8 Å². The third kappa shape index (κ3) is 4.19. The summed E-state index contributed by atoms with van der Waals surface area (Å²) in [4.78, 5) is 10.4. The molecule has 1 aromatic carbocycles. The summed E-state index contributed by atoms with van der Waals surface area (Å²) < 4.78 is 11.5. The highest BCUT2D eigenvalue weighted by Gasteiger charge is 2.10. The number of carboxylic acids is 1. The van der Waals surface area contributed by atoms with Crippen molar-refractivity contribution in [2.24, 2.45) is 0 Å². The Morgan fingerprint density at radius 3 is 2.72 bits per heavy atom. The summed E-state index contributed by atoms with van der Waals surface area (Å²) in [6.45, 7) is 2.81. The second-order valence-corrected chi connectivity index (χ2v) is 4.38. The van der Waals surface area contributed by atoms with Crippen LogP contribution in [0.15, 0.2) is 16.6 Å². The lowest BCUT2D eigenvalue weighted by Gasteiger charge is -2.13. The Balaban J connectivity index is 2.82. The second-order valence-electron chi connectivity index (χ2n) is 3.52. The number of carbonyl (C=O) groups is 1. The monoisotopic (exact) mass is 317 g/mol. The molecule has 100 valence electrons. The van der Waals surface area contributed by atoms with Crippen molar-refractivity contribution in [3.05, 3.63) is 22.2 Å². The lowest BCUT2D eigenvalue weighted by atomic mass is 10.2. The first-order valence-electron chi connectivity index (χ1n) is 5.50. The number of carboxylic acid groups (broad SMARTS) is 1. The van der Waals surface area contributed by atoms with E-state index >= 15 is 0 Å². The van der Waals surface area contributed by atoms with Gasteiger partial charge < -0.3 is 19.9 Å². The molecule has 0 radical (unpaired) electrons. The van der Waals surface area contributed by atoms with Crippen LogP contribution in [0.1, 0.15) is 12.5 Å². The van der Waals surface area contributed by atoms with Gasteiger partial charge in [0.2, 0.25) is 0 Å². The fraction of sp³-hybridized carbons (Fsp3) is 0.417. The average Bonchev–Trinajstić information content (AvgIpc) is 2.32. The average molecular weight is 318 g/mol. The van der Waals surface area contributed by atoms with Crippen LogP contribution in [0.2, 0.25) is 0 Å². The summed E-state index contributed by atoms with van der Waals surface area (Å²) in [6.07, 6.45) is 0. The maximum atomic E-state index is 10.4. The summed E-state index contributed by atoms with van der Waals surface area (Å²) in [5.41, 5.74) is 0.913. The molecule has 0 fully saturated rings. The van der Waals surface area contributed by atoms with Gasteiger partial charge in [-0.2, -0.15) is 0 Å². The van der Waals surface area contributed by atoms with Crippen molar-refractivity contribution in [1.82, 2.24) is 5.32 Å². The van der Waals surface area contributed by atoms with Crippen molar-refractivity contribution in [1.29, 1.82) is 0 Å². The SMILES string of the molecule is CCOc1cc(Br)c(CNCC(=O)O)cc1OC. The van der Waals surface area contributed by atoms with Crippen molar-refractivity contribution in [3.63, 3.8) is 0 Å². The van der Waals surface area contributed by atoms with Gasteiger partial charge in [-0.05, 0) is 24.6 Å². The molecule has 1 aromatic rings. The Kier molecular flexibility index (Phi) is 5.94. The van der Waals surface area contributed by atoms with Gasteiger partial charge in [0.25, 0.3) is 0 Å². The van der Waals surface area contributed by atoms with Crippen LogP contribution in [0.4, 0.5) is 0 Å². The number of benzene rings is 1. The molecule has 18 heavy (non-hydrogen) atoms. The molecule has 0 saturated carbocycles. The van der Waals surface area contributed by atoms with Crippen LogP contribution in [-0.2, 0) is 11.3 Å². The van der Waals surface area contributed by atoms with E-state index < -0.39 is 5.97 Å². The van der Waals surface area contributed by atoms with Crippen LogP contribution in [0, 0.1) is 0 Å². The largest absolute Gasteiger partial charge is 0.493 e. The first-order valence-corrected chi connectivity index (χ1v) is 6.29. The van der Waals surface area contributed by atoms with Crippen LogP contribution >= 0.6 is 15.9 Å². The lowest BCUT2D eigenvalue weighted by molar-refractivity contribution is -0.135. The fourth-order valence-corrected chi connectivity index (χ4v) is 1.91. The molecule has 0 unspecified atom stereocenters. The molecule has 0 spiro atoms. The maximum absolute atomic E-state index is 10.4. The predicted molar refractivity (Wildman–Crippen MR) is 71.2 cm³/mol. The van der Waals surface area contributed by atoms with Crippen LogP contribution in [0.3, 0.4) is 0 Å². The minimum absolute atomic E-state index is 0.0814. The molecular formula is C12H16BrNO4. The van der Waals surface area contributed by atoms with E-state index in [0.29, 0.717) is 24.7 Å². The van der Waals surface area contributed by atoms with Crippen molar-refractivity contribution in [2.45, 2.75) is 13.5 Å². The molecule has 0 aliphatic heterocycles. The number of methoxy groups -OCH3 is 1. The van der Waals surface area contributed by atoms with Crippen molar-refractivity contribution >= 4 is 21.9 Å². The minimum atomic E-state index is -0.885. The van der Waals surface area contributed by atoms with Crippen LogP contribution in [0.25, 0.3) is 0 Å². The molecule has 6 heteroatoms. The number of aliphatic carboxylic acids is 1. The summed E-state index contributed by atoms with van der Waals surface area (Å²) in [6, 6.07) is 3.64. The van der Waals surface area contributed by atoms with E-state index in [1.165, 1.54) is 0 Å². The first-order chi connectivity index (χ1) is 8.58. The van der Waals surface area contributed by atoms with Gasteiger partial charge >= 0.3 is 5.97 Å². The van der Waals surface area contributed by atoms with Crippen LogP contribution in [0.5, 0.6) is 11.5 Å². The number of hydrogen-bond donors (Lipinski definition) is 2. The molecular weight excluding hydrogens is 302 g/mol. The highest BCUT2D eigenvalue weighted by atomic mass is 79.9. The van der Waals surface area contributed by atoms with E-state index in [1.807, 2.05) is 19.1 Å². The number of hydrogen-bond acceptors (Lipinski definition) is 4. The number of ether oxygens (including phenoxy) is 2. The van der Waals surface area contributed by atoms with Crippen molar-refractivity contribution in [2.75, 3.05) is 20.3 Å². The van der Waals surface area contributed by atoms with E-state index in [-0.39, 0.29) is 6.54 Å². The highest BCUT2D eigenvalue weighted by molar-refractivity contribution is 9.10. The number of nitrogens with one attached hydrogen (secondary N) is 1. The zero-order valence-electron chi connectivity index (χ0n) is 10.3. The summed E-state index contributed by atoms with van der Waals surface area (Å²) in [5, 5.41) is 11.4. The normalized spacial score (nSPS) is 10.2. The maximum Gasteiger partial charge on any atom is 0.317 e. The van der Waals surface area contributed by atoms with Gasteiger partial charge in [-0.3, -0.25) is 4.79 Å². The van der Waals surface area contributed by atoms with E-state index in [1.54, 1.807) is 7.11 Å². The third-order valence-corrected chi connectivity index (χ3v) is 2.96. The second kappa shape index (κ2) is 7.23. The number of rotatable bonds is 7. The molecule has 0 atom stereocenters. The van der Waals surface area contributed by atoms with Crippen LogP contribution in [-0.4, -0.2) is 31.3 Å². The van der Waals surface area contributed by atoms with Gasteiger partial charge in [0.05, 0.1) is 20.3 Å². The molecule has 0 aliphatic rings. The van der Waals surface area contributed by atoms with Gasteiger partial charge in [0.1, 0.15) is 0 Å². The summed E-state index contributed by atoms with van der Waals surface area (Å²) >= 11 is 3.42. The molecule has 1 rings (SSSR count). The van der Waals surface area contributed by atoms with Gasteiger partial charge in [-0.1, -0.05) is 15.9 Å². The summed E-state index contributed by atoms with van der Waals surface area (Å²) in [7, 11) is 1.57. The molecule has 2 N–H and O–H groups in total. The third-order valence-electron chi connectivity index (χ3n) is 2.22. The standard InChI is InChI=1S/C12H16BrNO4/c1-3-18-11-5-9(13)8(4-10(11)17-2)6-14-7-12(15)16/h4-5,14H,3,6-7H2,1-2H3,(H,15,16). The molecule has 5 nitrogen and oxygen atoms in total. The highest BCUT2D eigenvalue weighted by Crippen LogP contribution is 2.33. The van der Waals surface area contributed by atoms with Gasteiger partial charge in [-0.15, -0.1) is 0 Å². The Bertz CT molecular complexity index is 423. The molecule has 0 saturated heterocycles. The molecule has 0 aliphatic carbocycles. The van der Waals surface area contributed by atoms with E-state index in [9.17, 15) is 4.79 Å². The van der Waals surface area contributed by atoms with Crippen molar-refractivity contribution in [3.8, 4) is 11.5 Å². The minimum Gasteiger partial charge on any atom is -0.493 e. The van der Waals surface area contributed by atoms with Gasteiger partial charge in [-0.25, -0.2) is 0 Å². The molecule has 0 amide bonds. The smallest absolute Gasteiger partial charge is 0.317 e. The topological polar surface area (TPSA) is 67.8 Å². The quantitative estimate of drug-likeness (QED) is 0.805. The Hall–Kier alpha value is -1.27. The van der Waals surface area contributed by atoms with E-state index in [4.69, 9.17) is 14.6 Å². The Labute approximate surface area is 114 Å². The predicted octanol–water partition coefficient (Wildman–Crippen LogP) is 2.03. The van der Waals surface area contributed by atoms with E-state index in [2.05, 4.69) is 21.2 Å². The lowest BCUT2D eigenvalue weighted by Crippen LogP contribution is -2.22. The fourth-order valence-electron chi connectivity index (χ4n) is 1.44. The van der Waals surface area contributed by atoms with Gasteiger partial charge in [0, 0.05) is 11.0 Å². The Morgan fingerprint density at radius 1 is 1.44 bits per heavy atom. The van der Waals surface area contributed by atoms with Crippen molar-refractivity contribution < 1.29 is 19.4 Å². The molecule has 0 bridgehead atoms. The Morgan fingerprint density at radius 2 is 2.17 bits per heavy atom. The zero-order valence-corrected chi connectivity index (χ0v) is 11.9.